The Kier molecular flexibility index (Phi) is 4.42. The summed E-state index contributed by atoms with van der Waals surface area (Å²) in [4.78, 5) is 1.31. The largest absolute Gasteiger partial charge is 0.309 e. The first kappa shape index (κ1) is 13.3. The summed E-state index contributed by atoms with van der Waals surface area (Å²) < 4.78 is 2.32. The molecule has 90 valence electrons. The fourth-order valence-electron chi connectivity index (χ4n) is 1.75. The summed E-state index contributed by atoms with van der Waals surface area (Å²) in [6.45, 7) is 2.10. The van der Waals surface area contributed by atoms with E-state index in [9.17, 15) is 0 Å². The monoisotopic (exact) mass is 373 g/mol. The van der Waals surface area contributed by atoms with Gasteiger partial charge in [-0.3, -0.25) is 0 Å². The fraction of sp³-hybridized carbons (Fsp3) is 0.231. The minimum atomic E-state index is 0.253. The van der Waals surface area contributed by atoms with Crippen LogP contribution < -0.4 is 5.32 Å². The van der Waals surface area contributed by atoms with Gasteiger partial charge in [0, 0.05) is 9.35 Å². The molecule has 1 N–H and O–H groups in total. The Morgan fingerprint density at radius 3 is 2.47 bits per heavy atom. The minimum Gasteiger partial charge on any atom is -0.309 e. The Labute approximate surface area is 123 Å². The van der Waals surface area contributed by atoms with Crippen LogP contribution in [0, 0.1) is 6.92 Å². The molecule has 0 aliphatic rings. The SMILES string of the molecule is CNC(c1ccc(C)c(Br)c1)c1ccc(Br)s1. The zero-order valence-electron chi connectivity index (χ0n) is 9.63. The summed E-state index contributed by atoms with van der Waals surface area (Å²) in [6, 6.07) is 11.0. The van der Waals surface area contributed by atoms with Crippen LogP contribution in [0.15, 0.2) is 38.6 Å². The molecule has 0 saturated carbocycles. The molecule has 0 bridgehead atoms. The first-order valence-electron chi connectivity index (χ1n) is 5.30. The average molecular weight is 375 g/mol. The molecule has 1 atom stereocenters. The van der Waals surface area contributed by atoms with Crippen molar-refractivity contribution in [1.82, 2.24) is 5.32 Å². The second kappa shape index (κ2) is 5.65. The molecule has 2 rings (SSSR count). The molecule has 0 fully saturated rings. The molecule has 1 heterocycles. The molecule has 1 aromatic carbocycles. The van der Waals surface area contributed by atoms with Crippen molar-refractivity contribution >= 4 is 43.2 Å². The summed E-state index contributed by atoms with van der Waals surface area (Å²) in [6.07, 6.45) is 0. The Hall–Kier alpha value is -0.160. The molecule has 0 aliphatic heterocycles. The van der Waals surface area contributed by atoms with Crippen LogP contribution in [0.4, 0.5) is 0 Å². The van der Waals surface area contributed by atoms with Crippen LogP contribution in [-0.2, 0) is 0 Å². The third-order valence-electron chi connectivity index (χ3n) is 2.70. The molecule has 0 radical (unpaired) electrons. The zero-order valence-corrected chi connectivity index (χ0v) is 13.6. The third kappa shape index (κ3) is 2.99. The molecular weight excluding hydrogens is 362 g/mol. The second-order valence-corrected chi connectivity index (χ2v) is 7.22. The van der Waals surface area contributed by atoms with Crippen molar-refractivity contribution in [3.8, 4) is 0 Å². The van der Waals surface area contributed by atoms with E-state index >= 15 is 0 Å². The van der Waals surface area contributed by atoms with E-state index in [2.05, 4.69) is 74.4 Å². The van der Waals surface area contributed by atoms with E-state index in [0.29, 0.717) is 0 Å². The lowest BCUT2D eigenvalue weighted by Crippen LogP contribution is -2.16. The maximum Gasteiger partial charge on any atom is 0.0702 e. The highest BCUT2D eigenvalue weighted by molar-refractivity contribution is 9.11. The van der Waals surface area contributed by atoms with Crippen LogP contribution in [0.25, 0.3) is 0 Å². The van der Waals surface area contributed by atoms with Gasteiger partial charge in [-0.25, -0.2) is 0 Å². The van der Waals surface area contributed by atoms with Gasteiger partial charge in [0.2, 0.25) is 0 Å². The summed E-state index contributed by atoms with van der Waals surface area (Å²) in [5.74, 6) is 0. The van der Waals surface area contributed by atoms with Crippen LogP contribution in [0.3, 0.4) is 0 Å². The van der Waals surface area contributed by atoms with Crippen molar-refractivity contribution in [3.63, 3.8) is 0 Å². The highest BCUT2D eigenvalue weighted by Crippen LogP contribution is 2.32. The summed E-state index contributed by atoms with van der Waals surface area (Å²) in [5.41, 5.74) is 2.54. The molecule has 0 aliphatic carbocycles. The van der Waals surface area contributed by atoms with Gasteiger partial charge >= 0.3 is 0 Å². The molecule has 1 nitrogen and oxygen atoms in total. The highest BCUT2D eigenvalue weighted by atomic mass is 79.9. The van der Waals surface area contributed by atoms with Crippen molar-refractivity contribution in [2.24, 2.45) is 0 Å². The van der Waals surface area contributed by atoms with Gasteiger partial charge in [-0.15, -0.1) is 11.3 Å². The second-order valence-electron chi connectivity index (χ2n) is 3.87. The van der Waals surface area contributed by atoms with Crippen LogP contribution in [0.2, 0.25) is 0 Å². The van der Waals surface area contributed by atoms with E-state index in [1.54, 1.807) is 11.3 Å². The number of halogens is 2. The van der Waals surface area contributed by atoms with Gasteiger partial charge < -0.3 is 5.32 Å². The normalized spacial score (nSPS) is 12.7. The number of hydrogen-bond acceptors (Lipinski definition) is 2. The molecule has 0 saturated heterocycles. The van der Waals surface area contributed by atoms with Gasteiger partial charge in [0.15, 0.2) is 0 Å². The van der Waals surface area contributed by atoms with Gasteiger partial charge in [-0.2, -0.15) is 0 Å². The quantitative estimate of drug-likeness (QED) is 0.806. The van der Waals surface area contributed by atoms with E-state index < -0.39 is 0 Å². The lowest BCUT2D eigenvalue weighted by atomic mass is 10.0. The first-order chi connectivity index (χ1) is 8.11. The summed E-state index contributed by atoms with van der Waals surface area (Å²) in [5, 5.41) is 3.36. The van der Waals surface area contributed by atoms with Crippen molar-refractivity contribution in [3.05, 3.63) is 54.6 Å². The zero-order chi connectivity index (χ0) is 12.4. The van der Waals surface area contributed by atoms with E-state index in [0.717, 1.165) is 4.47 Å². The maximum absolute atomic E-state index is 3.59. The van der Waals surface area contributed by atoms with Gasteiger partial charge in [0.25, 0.3) is 0 Å². The Morgan fingerprint density at radius 1 is 1.18 bits per heavy atom. The van der Waals surface area contributed by atoms with Crippen molar-refractivity contribution in [1.29, 1.82) is 0 Å². The van der Waals surface area contributed by atoms with Crippen LogP contribution in [-0.4, -0.2) is 7.05 Å². The number of thiophene rings is 1. The highest BCUT2D eigenvalue weighted by Gasteiger charge is 2.14. The lowest BCUT2D eigenvalue weighted by Gasteiger charge is -2.16. The number of nitrogens with one attached hydrogen (secondary N) is 1. The predicted molar refractivity (Wildman–Crippen MR) is 81.8 cm³/mol. The average Bonchev–Trinajstić information content (AvgIpc) is 2.71. The van der Waals surface area contributed by atoms with Gasteiger partial charge in [0.1, 0.15) is 0 Å². The Bertz CT molecular complexity index is 522. The molecule has 4 heteroatoms. The molecule has 2 aromatic rings. The standard InChI is InChI=1S/C13H13Br2NS/c1-8-3-4-9(7-10(8)14)13(16-2)11-5-6-12(15)17-11/h3-7,13,16H,1-2H3. The van der Waals surface area contributed by atoms with Gasteiger partial charge in [-0.05, 0) is 59.2 Å². The lowest BCUT2D eigenvalue weighted by molar-refractivity contribution is 0.703. The van der Waals surface area contributed by atoms with Crippen molar-refractivity contribution in [2.45, 2.75) is 13.0 Å². The van der Waals surface area contributed by atoms with Gasteiger partial charge in [-0.1, -0.05) is 28.1 Å². The predicted octanol–water partition coefficient (Wildman–Crippen LogP) is 4.89. The molecule has 1 aromatic heterocycles. The van der Waals surface area contributed by atoms with Crippen molar-refractivity contribution < 1.29 is 0 Å². The number of rotatable bonds is 3. The van der Waals surface area contributed by atoms with E-state index in [1.807, 2.05) is 7.05 Å². The van der Waals surface area contributed by atoms with Crippen molar-refractivity contribution in [2.75, 3.05) is 7.05 Å². The summed E-state index contributed by atoms with van der Waals surface area (Å²) in [7, 11) is 1.99. The van der Waals surface area contributed by atoms with Crippen LogP contribution in [0.5, 0.6) is 0 Å². The molecule has 17 heavy (non-hydrogen) atoms. The Balaban J connectivity index is 2.38. The smallest absolute Gasteiger partial charge is 0.0702 e. The first-order valence-corrected chi connectivity index (χ1v) is 7.70. The molecule has 0 amide bonds. The molecule has 0 spiro atoms. The number of benzene rings is 1. The maximum atomic E-state index is 3.59. The fourth-order valence-corrected chi connectivity index (χ4v) is 3.70. The molecule has 1 unspecified atom stereocenters. The van der Waals surface area contributed by atoms with Crippen LogP contribution in [0.1, 0.15) is 22.0 Å². The third-order valence-corrected chi connectivity index (χ3v) is 5.24. The van der Waals surface area contributed by atoms with E-state index in [-0.39, 0.29) is 6.04 Å². The Morgan fingerprint density at radius 2 is 1.94 bits per heavy atom. The minimum absolute atomic E-state index is 0.253. The van der Waals surface area contributed by atoms with Crippen LogP contribution >= 0.6 is 43.2 Å². The topological polar surface area (TPSA) is 12.0 Å². The van der Waals surface area contributed by atoms with Gasteiger partial charge in [0.05, 0.1) is 9.83 Å². The summed E-state index contributed by atoms with van der Waals surface area (Å²) >= 11 is 8.86. The molecular formula is C13H13Br2NS. The number of aryl methyl sites for hydroxylation is 1. The van der Waals surface area contributed by atoms with E-state index in [1.165, 1.54) is 19.8 Å². The number of hydrogen-bond donors (Lipinski definition) is 1. The van der Waals surface area contributed by atoms with E-state index in [4.69, 9.17) is 0 Å².